The molecule has 232 valence electrons. The van der Waals surface area contributed by atoms with Crippen LogP contribution in [0.15, 0.2) is 102 Å². The number of rotatable bonds is 10. The minimum absolute atomic E-state index is 0.0421. The first kappa shape index (κ1) is 31.0. The van der Waals surface area contributed by atoms with E-state index in [1.807, 2.05) is 97.9 Å². The van der Waals surface area contributed by atoms with Crippen molar-refractivity contribution in [2.75, 3.05) is 11.5 Å². The smallest absolute Gasteiger partial charge is 0.121 e. The van der Waals surface area contributed by atoms with E-state index in [4.69, 9.17) is 17.0 Å². The number of nitrogens with zero attached hydrogens (tertiary/aromatic N) is 2. The van der Waals surface area contributed by atoms with Gasteiger partial charge in [-0.25, -0.2) is 0 Å². The molecule has 0 bridgehead atoms. The molecule has 0 aliphatic carbocycles. The lowest BCUT2D eigenvalue weighted by molar-refractivity contribution is -0.113. The van der Waals surface area contributed by atoms with Gasteiger partial charge in [0.25, 0.3) is 0 Å². The minimum atomic E-state index is -0.507. The minimum Gasteiger partial charge on any atom is -0.508 e. The number of hydrogen-bond acceptors (Lipinski definition) is 7. The van der Waals surface area contributed by atoms with Gasteiger partial charge in [0.2, 0.25) is 0 Å². The molecule has 2 saturated heterocycles. The van der Waals surface area contributed by atoms with Crippen LogP contribution in [0.5, 0.6) is 5.75 Å². The molecule has 3 N–H and O–H groups in total. The van der Waals surface area contributed by atoms with Gasteiger partial charge in [-0.2, -0.15) is 4.91 Å². The Morgan fingerprint density at radius 3 is 2.33 bits per heavy atom. The summed E-state index contributed by atoms with van der Waals surface area (Å²) in [5.41, 5.74) is 6.52. The van der Waals surface area contributed by atoms with Crippen molar-refractivity contribution in [3.8, 4) is 16.9 Å². The van der Waals surface area contributed by atoms with Gasteiger partial charge >= 0.3 is 0 Å². The van der Waals surface area contributed by atoms with E-state index in [9.17, 15) is 20.2 Å². The lowest BCUT2D eigenvalue weighted by Crippen LogP contribution is -2.54. The van der Waals surface area contributed by atoms with Crippen LogP contribution < -0.4 is 4.90 Å². The Morgan fingerprint density at radius 1 is 0.956 bits per heavy atom. The van der Waals surface area contributed by atoms with Crippen molar-refractivity contribution in [3.05, 3.63) is 124 Å². The summed E-state index contributed by atoms with van der Waals surface area (Å²) in [6.45, 7) is 1.90. The van der Waals surface area contributed by atoms with Gasteiger partial charge in [-0.15, -0.1) is 0 Å². The summed E-state index contributed by atoms with van der Waals surface area (Å²) in [4.78, 5) is 14.7. The first-order valence-corrected chi connectivity index (χ1v) is 15.9. The van der Waals surface area contributed by atoms with Crippen molar-refractivity contribution in [2.45, 2.75) is 63.0 Å². The highest BCUT2D eigenvalue weighted by Crippen LogP contribution is 2.50. The van der Waals surface area contributed by atoms with Gasteiger partial charge < -0.3 is 25.0 Å². The molecule has 0 amide bonds. The van der Waals surface area contributed by atoms with Crippen LogP contribution in [0.3, 0.4) is 0 Å². The number of aliphatic hydroxyl groups excluding tert-OH is 2. The fraction of sp³-hybridized carbons (Fsp3) is 0.324. The first-order chi connectivity index (χ1) is 21.9. The molecule has 6 rings (SSSR count). The molecule has 8 heteroatoms. The van der Waals surface area contributed by atoms with Crippen LogP contribution in [0.4, 0.5) is 5.69 Å². The summed E-state index contributed by atoms with van der Waals surface area (Å²) in [7, 11) is 0. The van der Waals surface area contributed by atoms with Crippen LogP contribution in [0.1, 0.15) is 66.1 Å². The summed E-state index contributed by atoms with van der Waals surface area (Å²) < 4.78 is 5.97. The number of aryl methyl sites for hydroxylation is 1. The molecule has 4 aromatic rings. The van der Waals surface area contributed by atoms with Gasteiger partial charge in [-0.05, 0) is 60.2 Å². The highest BCUT2D eigenvalue weighted by molar-refractivity contribution is 7.80. The third kappa shape index (κ3) is 6.56. The standard InChI is InChI=1S/C37H38N2O5S/c1-23-7-9-25(10-8-23)33(38-43)18-17-32-36(39(37(32)45)28-5-3-2-4-6-28)31-16-15-27(19-34(31)42)24-11-13-26(14-12-24)35-21-29(41)20-30(22-40)44-35/h2-16,19,29-30,32-33,35-36,40-42H,17-18,20-22H2,1H3. The van der Waals surface area contributed by atoms with Crippen molar-refractivity contribution in [1.29, 1.82) is 0 Å². The predicted octanol–water partition coefficient (Wildman–Crippen LogP) is 7.73. The van der Waals surface area contributed by atoms with Gasteiger partial charge in [-0.1, -0.05) is 102 Å². The maximum absolute atomic E-state index is 11.8. The Labute approximate surface area is 269 Å². The predicted molar refractivity (Wildman–Crippen MR) is 180 cm³/mol. The molecule has 4 aromatic carbocycles. The number of aliphatic hydroxyl groups is 2. The van der Waals surface area contributed by atoms with Crippen LogP contribution in [0.25, 0.3) is 11.1 Å². The summed E-state index contributed by atoms with van der Waals surface area (Å²) in [6.07, 6.45) is 0.988. The molecule has 0 radical (unpaired) electrons. The van der Waals surface area contributed by atoms with E-state index in [0.29, 0.717) is 25.7 Å². The fourth-order valence-electron chi connectivity index (χ4n) is 6.65. The summed E-state index contributed by atoms with van der Waals surface area (Å²) in [5, 5.41) is 34.6. The Hall–Kier alpha value is -3.95. The van der Waals surface area contributed by atoms with E-state index in [1.54, 1.807) is 6.07 Å². The normalized spacial score (nSPS) is 23.8. The first-order valence-electron chi connectivity index (χ1n) is 15.5. The molecule has 6 atom stereocenters. The Kier molecular flexibility index (Phi) is 9.37. The molecular formula is C37H38N2O5S. The molecule has 7 nitrogen and oxygen atoms in total. The van der Waals surface area contributed by atoms with Gasteiger partial charge in [-0.3, -0.25) is 0 Å². The van der Waals surface area contributed by atoms with Crippen LogP contribution in [0, 0.1) is 17.7 Å². The largest absolute Gasteiger partial charge is 0.508 e. The summed E-state index contributed by atoms with van der Waals surface area (Å²) >= 11 is 5.94. The Balaban J connectivity index is 1.23. The van der Waals surface area contributed by atoms with Crippen molar-refractivity contribution in [3.63, 3.8) is 0 Å². The van der Waals surface area contributed by atoms with Gasteiger partial charge in [0.05, 0.1) is 35.9 Å². The Bertz CT molecular complexity index is 1630. The van der Waals surface area contributed by atoms with E-state index in [0.717, 1.165) is 44.1 Å². The molecule has 6 unspecified atom stereocenters. The van der Waals surface area contributed by atoms with Crippen molar-refractivity contribution in [1.82, 2.24) is 0 Å². The lowest BCUT2D eigenvalue weighted by atomic mass is 9.78. The number of hydrogen-bond donors (Lipinski definition) is 3. The average Bonchev–Trinajstić information content (AvgIpc) is 3.06. The van der Waals surface area contributed by atoms with Gasteiger partial charge in [0.15, 0.2) is 0 Å². The van der Waals surface area contributed by atoms with Crippen molar-refractivity contribution < 1.29 is 20.1 Å². The molecular weight excluding hydrogens is 584 g/mol. The Morgan fingerprint density at radius 2 is 1.67 bits per heavy atom. The van der Waals surface area contributed by atoms with Crippen molar-refractivity contribution in [2.24, 2.45) is 11.1 Å². The number of benzene rings is 4. The second-order valence-electron chi connectivity index (χ2n) is 12.2. The van der Waals surface area contributed by atoms with E-state index in [2.05, 4.69) is 10.1 Å². The maximum atomic E-state index is 11.8. The quantitative estimate of drug-likeness (QED) is 0.123. The molecule has 0 saturated carbocycles. The third-order valence-corrected chi connectivity index (χ3v) is 9.63. The molecule has 2 fully saturated rings. The number of phenols is 1. The lowest BCUT2D eigenvalue weighted by Gasteiger charge is -2.50. The molecule has 0 aromatic heterocycles. The number of nitroso groups, excluding NO2 is 1. The summed E-state index contributed by atoms with van der Waals surface area (Å²) in [6, 6.07) is 30.9. The highest BCUT2D eigenvalue weighted by Gasteiger charge is 2.46. The average molecular weight is 623 g/mol. The van der Waals surface area contributed by atoms with E-state index >= 15 is 0 Å². The molecule has 45 heavy (non-hydrogen) atoms. The zero-order valence-corrected chi connectivity index (χ0v) is 26.0. The van der Waals surface area contributed by atoms with E-state index in [1.165, 1.54) is 0 Å². The number of aromatic hydroxyl groups is 1. The second-order valence-corrected chi connectivity index (χ2v) is 12.6. The van der Waals surface area contributed by atoms with Crippen LogP contribution in [-0.4, -0.2) is 39.1 Å². The SMILES string of the molecule is Cc1ccc(C(CCC2C(=S)N(c3ccccc3)C2c2ccc(-c3ccc(C4CC(O)CC(CO)O4)cc3)cc2O)N=O)cc1. The third-order valence-electron chi connectivity index (χ3n) is 9.14. The zero-order valence-electron chi connectivity index (χ0n) is 25.2. The van der Waals surface area contributed by atoms with E-state index < -0.39 is 12.1 Å². The molecule has 2 aliphatic heterocycles. The number of thiocarbonyl (C=S) groups is 1. The van der Waals surface area contributed by atoms with E-state index in [-0.39, 0.29) is 36.5 Å². The number of ether oxygens (including phenoxy) is 1. The zero-order chi connectivity index (χ0) is 31.5. The van der Waals surface area contributed by atoms with Gasteiger partial charge in [0.1, 0.15) is 11.8 Å². The van der Waals surface area contributed by atoms with Crippen LogP contribution in [0.2, 0.25) is 0 Å². The molecule has 0 spiro atoms. The maximum Gasteiger partial charge on any atom is 0.121 e. The number of phenolic OH excluding ortho intramolecular Hbond substituents is 1. The number of para-hydroxylation sites is 1. The van der Waals surface area contributed by atoms with Crippen molar-refractivity contribution >= 4 is 22.9 Å². The van der Waals surface area contributed by atoms with Crippen LogP contribution >= 0.6 is 12.2 Å². The number of anilines is 1. The highest BCUT2D eigenvalue weighted by atomic mass is 32.1. The summed E-state index contributed by atoms with van der Waals surface area (Å²) in [5.74, 6) is 0.141. The molecule has 2 heterocycles. The monoisotopic (exact) mass is 622 g/mol. The van der Waals surface area contributed by atoms with Crippen LogP contribution in [-0.2, 0) is 4.74 Å². The molecule has 2 aliphatic rings. The fourth-order valence-corrected chi connectivity index (χ4v) is 7.12. The second kappa shape index (κ2) is 13.6. The topological polar surface area (TPSA) is 103 Å². The van der Waals surface area contributed by atoms with Gasteiger partial charge in [0, 0.05) is 30.0 Å².